The Balaban J connectivity index is 1.74. The first-order valence-corrected chi connectivity index (χ1v) is 8.44. The van der Waals surface area contributed by atoms with Gasteiger partial charge >= 0.3 is 0 Å². The SMILES string of the molecule is CC(=O)c1ccc(C#N)c(N2CCN(c3ccc(C(N)=O)cc3)CC2)c1. The number of nitriles is 1. The number of nitrogens with two attached hydrogens (primary N) is 1. The lowest BCUT2D eigenvalue weighted by molar-refractivity contribution is 0.0996. The van der Waals surface area contributed by atoms with Gasteiger partial charge in [0, 0.05) is 43.0 Å². The molecule has 2 N–H and O–H groups in total. The smallest absolute Gasteiger partial charge is 0.248 e. The van der Waals surface area contributed by atoms with Gasteiger partial charge < -0.3 is 15.5 Å². The molecular formula is C20H20N4O2. The fraction of sp³-hybridized carbons (Fsp3) is 0.250. The van der Waals surface area contributed by atoms with Gasteiger partial charge in [-0.15, -0.1) is 0 Å². The summed E-state index contributed by atoms with van der Waals surface area (Å²) >= 11 is 0. The molecule has 0 saturated carbocycles. The van der Waals surface area contributed by atoms with Gasteiger partial charge in [0.1, 0.15) is 6.07 Å². The minimum absolute atomic E-state index is 0.0103. The van der Waals surface area contributed by atoms with E-state index in [0.29, 0.717) is 16.7 Å². The number of ketones is 1. The van der Waals surface area contributed by atoms with Gasteiger partial charge in [0.25, 0.3) is 0 Å². The second kappa shape index (κ2) is 7.28. The van der Waals surface area contributed by atoms with Crippen LogP contribution in [-0.2, 0) is 0 Å². The zero-order valence-corrected chi connectivity index (χ0v) is 14.6. The predicted molar refractivity (Wildman–Crippen MR) is 101 cm³/mol. The molecular weight excluding hydrogens is 328 g/mol. The Morgan fingerprint density at radius 3 is 2.08 bits per heavy atom. The van der Waals surface area contributed by atoms with Crippen LogP contribution >= 0.6 is 0 Å². The van der Waals surface area contributed by atoms with Crippen molar-refractivity contribution in [3.05, 3.63) is 59.2 Å². The molecule has 1 fully saturated rings. The molecule has 1 aliphatic heterocycles. The van der Waals surface area contributed by atoms with Crippen LogP contribution in [0.3, 0.4) is 0 Å². The number of nitrogens with zero attached hydrogens (tertiary/aromatic N) is 3. The highest BCUT2D eigenvalue weighted by molar-refractivity contribution is 5.95. The number of rotatable bonds is 4. The number of hydrogen-bond acceptors (Lipinski definition) is 5. The van der Waals surface area contributed by atoms with Crippen molar-refractivity contribution in [1.82, 2.24) is 0 Å². The lowest BCUT2D eigenvalue weighted by Crippen LogP contribution is -2.46. The first-order valence-electron chi connectivity index (χ1n) is 8.44. The molecule has 1 heterocycles. The molecule has 26 heavy (non-hydrogen) atoms. The first-order chi connectivity index (χ1) is 12.5. The molecule has 0 radical (unpaired) electrons. The Bertz CT molecular complexity index is 876. The van der Waals surface area contributed by atoms with Gasteiger partial charge in [-0.1, -0.05) is 0 Å². The first kappa shape index (κ1) is 17.5. The second-order valence-corrected chi connectivity index (χ2v) is 6.29. The number of Topliss-reactive ketones (excluding diaryl/α,β-unsaturated/α-hetero) is 1. The van der Waals surface area contributed by atoms with Gasteiger partial charge in [0.05, 0.1) is 11.3 Å². The molecule has 0 atom stereocenters. The fourth-order valence-corrected chi connectivity index (χ4v) is 3.15. The maximum absolute atomic E-state index is 11.6. The van der Waals surface area contributed by atoms with Crippen LogP contribution in [0.25, 0.3) is 0 Å². The highest BCUT2D eigenvalue weighted by Crippen LogP contribution is 2.25. The third-order valence-corrected chi connectivity index (χ3v) is 4.66. The third-order valence-electron chi connectivity index (χ3n) is 4.66. The summed E-state index contributed by atoms with van der Waals surface area (Å²) in [6, 6.07) is 14.7. The maximum atomic E-state index is 11.6. The van der Waals surface area contributed by atoms with Gasteiger partial charge in [-0.3, -0.25) is 9.59 Å². The van der Waals surface area contributed by atoms with Crippen molar-refractivity contribution in [3.8, 4) is 6.07 Å². The van der Waals surface area contributed by atoms with Crippen molar-refractivity contribution in [3.63, 3.8) is 0 Å². The molecule has 0 bridgehead atoms. The minimum Gasteiger partial charge on any atom is -0.368 e. The summed E-state index contributed by atoms with van der Waals surface area (Å²) in [5, 5.41) is 9.37. The van der Waals surface area contributed by atoms with E-state index in [1.807, 2.05) is 12.1 Å². The molecule has 6 nitrogen and oxygen atoms in total. The summed E-state index contributed by atoms with van der Waals surface area (Å²) in [5.74, 6) is -0.445. The molecule has 1 aliphatic rings. The molecule has 1 amide bonds. The van der Waals surface area contributed by atoms with Crippen molar-refractivity contribution in [2.75, 3.05) is 36.0 Å². The Morgan fingerprint density at radius 2 is 1.54 bits per heavy atom. The lowest BCUT2D eigenvalue weighted by Gasteiger charge is -2.37. The number of carbonyl (C=O) groups is 2. The lowest BCUT2D eigenvalue weighted by atomic mass is 10.1. The topological polar surface area (TPSA) is 90.4 Å². The van der Waals surface area contributed by atoms with E-state index in [1.165, 1.54) is 6.92 Å². The Morgan fingerprint density at radius 1 is 0.962 bits per heavy atom. The quantitative estimate of drug-likeness (QED) is 0.855. The van der Waals surface area contributed by atoms with Crippen molar-refractivity contribution < 1.29 is 9.59 Å². The van der Waals surface area contributed by atoms with E-state index < -0.39 is 5.91 Å². The zero-order chi connectivity index (χ0) is 18.7. The average Bonchev–Trinajstić information content (AvgIpc) is 2.67. The number of piperazine rings is 1. The minimum atomic E-state index is -0.434. The number of primary amides is 1. The monoisotopic (exact) mass is 348 g/mol. The zero-order valence-electron chi connectivity index (χ0n) is 14.6. The van der Waals surface area contributed by atoms with Gasteiger partial charge in [-0.2, -0.15) is 5.26 Å². The van der Waals surface area contributed by atoms with E-state index in [-0.39, 0.29) is 5.78 Å². The summed E-state index contributed by atoms with van der Waals surface area (Å²) in [5.41, 5.74) is 8.81. The van der Waals surface area contributed by atoms with E-state index in [0.717, 1.165) is 37.6 Å². The van der Waals surface area contributed by atoms with E-state index in [1.54, 1.807) is 30.3 Å². The number of anilines is 2. The average molecular weight is 348 g/mol. The van der Waals surface area contributed by atoms with E-state index >= 15 is 0 Å². The predicted octanol–water partition coefficient (Wildman–Crippen LogP) is 2.19. The summed E-state index contributed by atoms with van der Waals surface area (Å²) < 4.78 is 0. The largest absolute Gasteiger partial charge is 0.368 e. The van der Waals surface area contributed by atoms with Crippen LogP contribution in [0.2, 0.25) is 0 Å². The van der Waals surface area contributed by atoms with Crippen LogP contribution in [0.1, 0.15) is 33.2 Å². The van der Waals surface area contributed by atoms with Crippen LogP contribution in [0.15, 0.2) is 42.5 Å². The fourth-order valence-electron chi connectivity index (χ4n) is 3.15. The Labute approximate surface area is 152 Å². The Kier molecular flexibility index (Phi) is 4.90. The van der Waals surface area contributed by atoms with E-state index in [9.17, 15) is 14.9 Å². The highest BCUT2D eigenvalue weighted by atomic mass is 16.1. The molecule has 3 rings (SSSR count). The maximum Gasteiger partial charge on any atom is 0.248 e. The summed E-state index contributed by atoms with van der Waals surface area (Å²) in [4.78, 5) is 27.2. The van der Waals surface area contributed by atoms with Crippen molar-refractivity contribution in [1.29, 1.82) is 5.26 Å². The van der Waals surface area contributed by atoms with Crippen LogP contribution in [0, 0.1) is 11.3 Å². The summed E-state index contributed by atoms with van der Waals surface area (Å²) in [6.07, 6.45) is 0. The molecule has 6 heteroatoms. The van der Waals surface area contributed by atoms with Gasteiger partial charge in [-0.25, -0.2) is 0 Å². The van der Waals surface area contributed by atoms with E-state index in [2.05, 4.69) is 15.9 Å². The summed E-state index contributed by atoms with van der Waals surface area (Å²) in [6.45, 7) is 4.58. The molecule has 0 aromatic heterocycles. The second-order valence-electron chi connectivity index (χ2n) is 6.29. The molecule has 0 spiro atoms. The van der Waals surface area contributed by atoms with Crippen molar-refractivity contribution >= 4 is 23.1 Å². The van der Waals surface area contributed by atoms with Crippen LogP contribution in [-0.4, -0.2) is 37.9 Å². The van der Waals surface area contributed by atoms with Crippen LogP contribution in [0.5, 0.6) is 0 Å². The molecule has 1 saturated heterocycles. The van der Waals surface area contributed by atoms with E-state index in [4.69, 9.17) is 5.73 Å². The number of amides is 1. The number of hydrogen-bond donors (Lipinski definition) is 1. The molecule has 0 aliphatic carbocycles. The Hall–Kier alpha value is -3.33. The van der Waals surface area contributed by atoms with Gasteiger partial charge in [0.2, 0.25) is 5.91 Å². The molecule has 2 aromatic carbocycles. The number of benzene rings is 2. The third kappa shape index (κ3) is 3.52. The molecule has 0 unspecified atom stereocenters. The standard InChI is InChI=1S/C20H20N4O2/c1-14(25)16-2-3-17(13-21)19(12-16)24-10-8-23(9-11-24)18-6-4-15(5-7-18)20(22)26/h2-7,12H,8-11H2,1H3,(H2,22,26). The molecule has 2 aromatic rings. The van der Waals surface area contributed by atoms with Crippen molar-refractivity contribution in [2.24, 2.45) is 5.73 Å². The van der Waals surface area contributed by atoms with Crippen LogP contribution < -0.4 is 15.5 Å². The van der Waals surface area contributed by atoms with Gasteiger partial charge in [0.15, 0.2) is 5.78 Å². The normalized spacial score (nSPS) is 14.0. The summed E-state index contributed by atoms with van der Waals surface area (Å²) in [7, 11) is 0. The highest BCUT2D eigenvalue weighted by Gasteiger charge is 2.20. The molecule has 132 valence electrons. The van der Waals surface area contributed by atoms with Crippen molar-refractivity contribution in [2.45, 2.75) is 6.92 Å². The van der Waals surface area contributed by atoms with Gasteiger partial charge in [-0.05, 0) is 49.4 Å². The van der Waals surface area contributed by atoms with Crippen LogP contribution in [0.4, 0.5) is 11.4 Å². The number of carbonyl (C=O) groups excluding carboxylic acids is 2.